The predicted octanol–water partition coefficient (Wildman–Crippen LogP) is 2.92. The number of rotatable bonds is 3. The smallest absolute Gasteiger partial charge is 0.217 e. The van der Waals surface area contributed by atoms with Crippen LogP contribution in [0.1, 0.15) is 30.4 Å². The van der Waals surface area contributed by atoms with Gasteiger partial charge in [-0.05, 0) is 50.3 Å². The zero-order valence-electron chi connectivity index (χ0n) is 14.2. The fourth-order valence-electron chi connectivity index (χ4n) is 3.41. The summed E-state index contributed by atoms with van der Waals surface area (Å²) < 4.78 is 27.8. The molecule has 2 fully saturated rings. The Morgan fingerprint density at radius 1 is 1.12 bits per heavy atom. The van der Waals surface area contributed by atoms with Crippen molar-refractivity contribution in [1.29, 1.82) is 0 Å². The number of nitrogens with zero attached hydrogens (tertiary/aromatic N) is 3. The molecule has 1 saturated carbocycles. The Labute approximate surface area is 147 Å². The minimum atomic E-state index is -3.07. The molecule has 1 aromatic carbocycles. The normalized spacial score (nSPS) is 20.5. The van der Waals surface area contributed by atoms with Crippen molar-refractivity contribution in [3.05, 3.63) is 23.3 Å². The monoisotopic (exact) mass is 365 g/mol. The van der Waals surface area contributed by atoms with Crippen LogP contribution in [0.15, 0.2) is 12.1 Å². The largest absolute Gasteiger partial charge is 0.347 e. The molecule has 0 amide bonds. The highest BCUT2D eigenvalue weighted by Crippen LogP contribution is 2.34. The van der Waals surface area contributed by atoms with E-state index in [0.717, 1.165) is 43.0 Å². The lowest BCUT2D eigenvalue weighted by Gasteiger charge is -2.21. The van der Waals surface area contributed by atoms with E-state index in [1.807, 2.05) is 0 Å². The standard InChI is InChI=1S/C17H23N3O2S2/c1-12-10-13(2)16-15(11-12)23-17(18-16)19-6-3-7-20(9-8-19)24(21,22)14-4-5-14/h10-11,14H,3-9H2,1-2H3. The number of benzene rings is 1. The molecule has 130 valence electrons. The zero-order valence-corrected chi connectivity index (χ0v) is 15.8. The van der Waals surface area contributed by atoms with Crippen LogP contribution in [0.4, 0.5) is 5.13 Å². The lowest BCUT2D eigenvalue weighted by molar-refractivity contribution is 0.432. The van der Waals surface area contributed by atoms with Gasteiger partial charge in [0.1, 0.15) is 0 Å². The summed E-state index contributed by atoms with van der Waals surface area (Å²) in [4.78, 5) is 7.08. The maximum Gasteiger partial charge on any atom is 0.217 e. The first kappa shape index (κ1) is 16.3. The van der Waals surface area contributed by atoms with Crippen LogP contribution >= 0.6 is 11.3 Å². The molecule has 2 aliphatic rings. The third-order valence-electron chi connectivity index (χ3n) is 4.85. The van der Waals surface area contributed by atoms with Gasteiger partial charge in [0.15, 0.2) is 5.13 Å². The van der Waals surface area contributed by atoms with Crippen molar-refractivity contribution in [3.8, 4) is 0 Å². The molecular weight excluding hydrogens is 342 g/mol. The Hall–Kier alpha value is -1.18. The Kier molecular flexibility index (Phi) is 4.05. The molecule has 1 aliphatic heterocycles. The van der Waals surface area contributed by atoms with Crippen molar-refractivity contribution >= 4 is 36.7 Å². The highest BCUT2D eigenvalue weighted by molar-refractivity contribution is 7.90. The molecule has 0 spiro atoms. The molecule has 24 heavy (non-hydrogen) atoms. The molecule has 1 saturated heterocycles. The van der Waals surface area contributed by atoms with Crippen LogP contribution in [0.2, 0.25) is 0 Å². The number of fused-ring (bicyclic) bond motifs is 1. The van der Waals surface area contributed by atoms with Crippen LogP contribution < -0.4 is 4.90 Å². The third kappa shape index (κ3) is 2.93. The van der Waals surface area contributed by atoms with Crippen LogP contribution in [0.3, 0.4) is 0 Å². The zero-order chi connectivity index (χ0) is 16.9. The number of hydrogen-bond donors (Lipinski definition) is 0. The lowest BCUT2D eigenvalue weighted by Crippen LogP contribution is -2.37. The van der Waals surface area contributed by atoms with Gasteiger partial charge in [-0.25, -0.2) is 13.4 Å². The molecule has 0 N–H and O–H groups in total. The summed E-state index contributed by atoms with van der Waals surface area (Å²) in [5.41, 5.74) is 3.54. The first-order valence-electron chi connectivity index (χ1n) is 8.57. The van der Waals surface area contributed by atoms with Crippen molar-refractivity contribution in [2.45, 2.75) is 38.4 Å². The van der Waals surface area contributed by atoms with Crippen LogP contribution in [0, 0.1) is 13.8 Å². The lowest BCUT2D eigenvalue weighted by atomic mass is 10.1. The maximum absolute atomic E-state index is 12.5. The van der Waals surface area contributed by atoms with Gasteiger partial charge in [0.2, 0.25) is 10.0 Å². The van der Waals surface area contributed by atoms with E-state index in [2.05, 4.69) is 30.9 Å². The number of hydrogen-bond acceptors (Lipinski definition) is 5. The quantitative estimate of drug-likeness (QED) is 0.839. The SMILES string of the molecule is Cc1cc(C)c2nc(N3CCCN(S(=O)(=O)C4CC4)CC3)sc2c1. The molecule has 0 bridgehead atoms. The van der Waals surface area contributed by atoms with Crippen LogP contribution in [0.5, 0.6) is 0 Å². The van der Waals surface area contributed by atoms with E-state index in [1.54, 1.807) is 15.6 Å². The fraction of sp³-hybridized carbons (Fsp3) is 0.588. The van der Waals surface area contributed by atoms with E-state index in [0.29, 0.717) is 13.1 Å². The molecule has 0 unspecified atom stereocenters. The van der Waals surface area contributed by atoms with E-state index in [-0.39, 0.29) is 5.25 Å². The topological polar surface area (TPSA) is 53.5 Å². The van der Waals surface area contributed by atoms with Gasteiger partial charge in [-0.2, -0.15) is 4.31 Å². The molecular formula is C17H23N3O2S2. The average molecular weight is 366 g/mol. The van der Waals surface area contributed by atoms with Gasteiger partial charge in [0.05, 0.1) is 15.5 Å². The van der Waals surface area contributed by atoms with Crippen molar-refractivity contribution in [2.75, 3.05) is 31.1 Å². The molecule has 1 aromatic heterocycles. The second-order valence-corrected chi connectivity index (χ2v) is 10.1. The van der Waals surface area contributed by atoms with Crippen LogP contribution in [0.25, 0.3) is 10.2 Å². The number of aryl methyl sites for hydroxylation is 2. The summed E-state index contributed by atoms with van der Waals surface area (Å²) in [7, 11) is -3.07. The summed E-state index contributed by atoms with van der Waals surface area (Å²) in [6, 6.07) is 4.35. The summed E-state index contributed by atoms with van der Waals surface area (Å²) >= 11 is 1.72. The van der Waals surface area contributed by atoms with E-state index < -0.39 is 10.0 Å². The average Bonchev–Trinajstić information content (AvgIpc) is 3.32. The predicted molar refractivity (Wildman–Crippen MR) is 99.4 cm³/mol. The van der Waals surface area contributed by atoms with Crippen molar-refractivity contribution in [3.63, 3.8) is 0 Å². The first-order chi connectivity index (χ1) is 11.4. The molecule has 5 nitrogen and oxygen atoms in total. The van der Waals surface area contributed by atoms with Gasteiger partial charge in [0, 0.05) is 26.2 Å². The first-order valence-corrected chi connectivity index (χ1v) is 10.9. The molecule has 7 heteroatoms. The van der Waals surface area contributed by atoms with Gasteiger partial charge in [-0.1, -0.05) is 17.4 Å². The van der Waals surface area contributed by atoms with Gasteiger partial charge < -0.3 is 4.90 Å². The van der Waals surface area contributed by atoms with Crippen LogP contribution in [-0.4, -0.2) is 49.1 Å². The molecule has 0 radical (unpaired) electrons. The second-order valence-electron chi connectivity index (χ2n) is 6.91. The Bertz CT molecular complexity index is 871. The Morgan fingerprint density at radius 3 is 2.67 bits per heavy atom. The summed E-state index contributed by atoms with van der Waals surface area (Å²) in [5.74, 6) is 0. The molecule has 4 rings (SSSR count). The van der Waals surface area contributed by atoms with Crippen molar-refractivity contribution in [1.82, 2.24) is 9.29 Å². The highest BCUT2D eigenvalue weighted by Gasteiger charge is 2.40. The molecule has 0 atom stereocenters. The summed E-state index contributed by atoms with van der Waals surface area (Å²) in [5, 5.41) is 0.904. The highest BCUT2D eigenvalue weighted by atomic mass is 32.2. The minimum Gasteiger partial charge on any atom is -0.347 e. The summed E-state index contributed by atoms with van der Waals surface area (Å²) in [6.07, 6.45) is 2.53. The number of anilines is 1. The van der Waals surface area contributed by atoms with Crippen LogP contribution in [-0.2, 0) is 10.0 Å². The van der Waals surface area contributed by atoms with E-state index >= 15 is 0 Å². The van der Waals surface area contributed by atoms with Crippen molar-refractivity contribution in [2.24, 2.45) is 0 Å². The van der Waals surface area contributed by atoms with E-state index in [1.165, 1.54) is 15.8 Å². The Balaban J connectivity index is 1.56. The Morgan fingerprint density at radius 2 is 1.92 bits per heavy atom. The van der Waals surface area contributed by atoms with Crippen molar-refractivity contribution < 1.29 is 8.42 Å². The van der Waals surface area contributed by atoms with Gasteiger partial charge >= 0.3 is 0 Å². The second kappa shape index (κ2) is 5.97. The van der Waals surface area contributed by atoms with Gasteiger partial charge in [-0.3, -0.25) is 0 Å². The summed E-state index contributed by atoms with van der Waals surface area (Å²) in [6.45, 7) is 7.02. The number of thiazole rings is 1. The van der Waals surface area contributed by atoms with E-state index in [9.17, 15) is 8.42 Å². The van der Waals surface area contributed by atoms with Gasteiger partial charge in [-0.15, -0.1) is 0 Å². The minimum absolute atomic E-state index is 0.114. The third-order valence-corrected chi connectivity index (χ3v) is 8.31. The van der Waals surface area contributed by atoms with E-state index in [4.69, 9.17) is 4.98 Å². The fourth-order valence-corrected chi connectivity index (χ4v) is 6.48. The number of aromatic nitrogens is 1. The molecule has 2 heterocycles. The molecule has 2 aromatic rings. The maximum atomic E-state index is 12.5. The number of sulfonamides is 1. The van der Waals surface area contributed by atoms with Gasteiger partial charge in [0.25, 0.3) is 0 Å². The molecule has 1 aliphatic carbocycles.